The van der Waals surface area contributed by atoms with Gasteiger partial charge < -0.3 is 15.4 Å². The van der Waals surface area contributed by atoms with Crippen LogP contribution < -0.4 is 20.8 Å². The molecule has 0 aliphatic heterocycles. The van der Waals surface area contributed by atoms with Crippen LogP contribution in [0.4, 0.5) is 5.69 Å². The van der Waals surface area contributed by atoms with Crippen molar-refractivity contribution in [2.45, 2.75) is 13.8 Å². The minimum atomic E-state index is -0.867. The van der Waals surface area contributed by atoms with E-state index < -0.39 is 11.8 Å². The molecule has 0 spiro atoms. The monoisotopic (exact) mass is 382 g/mol. The third kappa shape index (κ3) is 6.56. The molecule has 0 aliphatic carbocycles. The zero-order valence-electron chi connectivity index (χ0n) is 15.7. The van der Waals surface area contributed by atoms with Crippen LogP contribution in [0.1, 0.15) is 18.1 Å². The first-order valence-corrected chi connectivity index (χ1v) is 8.69. The maximum absolute atomic E-state index is 12.1. The van der Waals surface area contributed by atoms with Crippen molar-refractivity contribution in [3.8, 4) is 5.75 Å². The maximum atomic E-state index is 12.1. The van der Waals surface area contributed by atoms with Crippen LogP contribution in [-0.4, -0.2) is 37.1 Å². The van der Waals surface area contributed by atoms with Crippen molar-refractivity contribution < 1.29 is 19.1 Å². The smallest absolute Gasteiger partial charge is 0.329 e. The number of hydrogen-bond acceptors (Lipinski definition) is 5. The molecule has 0 aliphatic rings. The van der Waals surface area contributed by atoms with Crippen molar-refractivity contribution >= 4 is 29.6 Å². The molecule has 2 rings (SSSR count). The Morgan fingerprint density at radius 2 is 1.86 bits per heavy atom. The average molecular weight is 382 g/mol. The Morgan fingerprint density at radius 3 is 2.61 bits per heavy atom. The van der Waals surface area contributed by atoms with E-state index in [2.05, 4.69) is 21.2 Å². The van der Waals surface area contributed by atoms with Crippen LogP contribution in [0.2, 0.25) is 0 Å². The Labute approximate surface area is 163 Å². The second-order valence-corrected chi connectivity index (χ2v) is 5.80. The fourth-order valence-corrected chi connectivity index (χ4v) is 2.23. The van der Waals surface area contributed by atoms with E-state index in [9.17, 15) is 14.4 Å². The second kappa shape index (κ2) is 10.5. The van der Waals surface area contributed by atoms with Gasteiger partial charge in [0.2, 0.25) is 0 Å². The number of anilines is 1. The summed E-state index contributed by atoms with van der Waals surface area (Å²) in [6.07, 6.45) is 1.34. The summed E-state index contributed by atoms with van der Waals surface area (Å²) in [5.41, 5.74) is 4.40. The van der Waals surface area contributed by atoms with Crippen LogP contribution in [0.3, 0.4) is 0 Å². The van der Waals surface area contributed by atoms with Gasteiger partial charge in [-0.25, -0.2) is 5.43 Å². The molecule has 3 N–H and O–H groups in total. The normalized spacial score (nSPS) is 10.4. The van der Waals surface area contributed by atoms with Crippen molar-refractivity contribution in [1.29, 1.82) is 0 Å². The predicted octanol–water partition coefficient (Wildman–Crippen LogP) is 1.60. The van der Waals surface area contributed by atoms with E-state index in [0.717, 1.165) is 5.56 Å². The van der Waals surface area contributed by atoms with Gasteiger partial charge in [0.25, 0.3) is 5.91 Å². The summed E-state index contributed by atoms with van der Waals surface area (Å²) in [6.45, 7) is 3.80. The molecular formula is C20H22N4O4. The van der Waals surface area contributed by atoms with Gasteiger partial charge in [-0.2, -0.15) is 5.10 Å². The molecule has 0 heterocycles. The molecule has 2 aromatic rings. The van der Waals surface area contributed by atoms with E-state index in [0.29, 0.717) is 23.5 Å². The van der Waals surface area contributed by atoms with Gasteiger partial charge >= 0.3 is 11.8 Å². The molecule has 146 valence electrons. The Bertz CT molecular complexity index is 880. The molecule has 0 fully saturated rings. The third-order valence-corrected chi connectivity index (χ3v) is 3.49. The van der Waals surface area contributed by atoms with Gasteiger partial charge in [0, 0.05) is 17.8 Å². The Balaban J connectivity index is 1.92. The van der Waals surface area contributed by atoms with E-state index in [1.54, 1.807) is 37.3 Å². The number of rotatable bonds is 7. The highest BCUT2D eigenvalue weighted by Gasteiger charge is 2.11. The number of para-hydroxylation sites is 1. The summed E-state index contributed by atoms with van der Waals surface area (Å²) in [4.78, 5) is 34.9. The Morgan fingerprint density at radius 1 is 1.07 bits per heavy atom. The van der Waals surface area contributed by atoms with E-state index >= 15 is 0 Å². The van der Waals surface area contributed by atoms with Crippen LogP contribution in [-0.2, 0) is 14.4 Å². The van der Waals surface area contributed by atoms with Gasteiger partial charge in [-0.1, -0.05) is 24.3 Å². The number of carbonyl (C=O) groups excluding carboxylic acids is 3. The lowest BCUT2D eigenvalue weighted by molar-refractivity contribution is -0.139. The number of ether oxygens (including phenoxy) is 1. The largest absolute Gasteiger partial charge is 0.483 e. The Hall–Kier alpha value is -3.68. The fourth-order valence-electron chi connectivity index (χ4n) is 2.23. The standard InChI is InChI=1S/C20H22N4O4/c1-3-21-19(26)20(27)24-22-12-15-8-4-5-10-17(15)28-13-18(25)23-16-9-6-7-14(2)11-16/h4-12H,3,13H2,1-2H3,(H,21,26)(H,23,25)(H,24,27)/b22-12-. The van der Waals surface area contributed by atoms with Crippen molar-refractivity contribution in [2.75, 3.05) is 18.5 Å². The first-order chi connectivity index (χ1) is 13.5. The lowest BCUT2D eigenvalue weighted by atomic mass is 10.2. The van der Waals surface area contributed by atoms with E-state index in [1.165, 1.54) is 6.21 Å². The molecule has 8 heteroatoms. The summed E-state index contributed by atoms with van der Waals surface area (Å²) >= 11 is 0. The molecule has 0 saturated heterocycles. The number of hydrazone groups is 1. The summed E-state index contributed by atoms with van der Waals surface area (Å²) in [6, 6.07) is 14.3. The summed E-state index contributed by atoms with van der Waals surface area (Å²) in [7, 11) is 0. The minimum absolute atomic E-state index is 0.190. The molecule has 2 aromatic carbocycles. The van der Waals surface area contributed by atoms with Crippen molar-refractivity contribution in [2.24, 2.45) is 5.10 Å². The second-order valence-electron chi connectivity index (χ2n) is 5.80. The molecule has 0 radical (unpaired) electrons. The molecule has 0 aromatic heterocycles. The molecule has 0 bridgehead atoms. The fraction of sp³-hybridized carbons (Fsp3) is 0.200. The maximum Gasteiger partial charge on any atom is 0.329 e. The van der Waals surface area contributed by atoms with Crippen LogP contribution in [0.5, 0.6) is 5.75 Å². The number of aryl methyl sites for hydroxylation is 1. The summed E-state index contributed by atoms with van der Waals surface area (Å²) < 4.78 is 5.55. The zero-order valence-corrected chi connectivity index (χ0v) is 15.7. The highest BCUT2D eigenvalue weighted by atomic mass is 16.5. The van der Waals surface area contributed by atoms with Crippen molar-refractivity contribution in [3.05, 3.63) is 59.7 Å². The third-order valence-electron chi connectivity index (χ3n) is 3.49. The van der Waals surface area contributed by atoms with E-state index in [-0.39, 0.29) is 12.5 Å². The number of nitrogens with one attached hydrogen (secondary N) is 3. The lowest BCUT2D eigenvalue weighted by Crippen LogP contribution is -2.37. The highest BCUT2D eigenvalue weighted by molar-refractivity contribution is 6.35. The summed E-state index contributed by atoms with van der Waals surface area (Å²) in [5.74, 6) is -1.52. The van der Waals surface area contributed by atoms with Crippen LogP contribution in [0, 0.1) is 6.92 Å². The van der Waals surface area contributed by atoms with Gasteiger partial charge in [-0.15, -0.1) is 0 Å². The van der Waals surface area contributed by atoms with Gasteiger partial charge in [0.1, 0.15) is 5.75 Å². The molecular weight excluding hydrogens is 360 g/mol. The quantitative estimate of drug-likeness (QED) is 0.384. The molecule has 0 atom stereocenters. The minimum Gasteiger partial charge on any atom is -0.483 e. The molecule has 3 amide bonds. The SMILES string of the molecule is CCNC(=O)C(=O)N/N=C\c1ccccc1OCC(=O)Nc1cccc(C)c1. The first kappa shape index (κ1) is 20.6. The first-order valence-electron chi connectivity index (χ1n) is 8.69. The van der Waals surface area contributed by atoms with Crippen LogP contribution >= 0.6 is 0 Å². The number of benzene rings is 2. The van der Waals surface area contributed by atoms with Gasteiger partial charge in [0.15, 0.2) is 6.61 Å². The average Bonchev–Trinajstić information content (AvgIpc) is 2.67. The summed E-state index contributed by atoms with van der Waals surface area (Å²) in [5, 5.41) is 8.87. The van der Waals surface area contributed by atoms with Crippen molar-refractivity contribution in [1.82, 2.24) is 10.7 Å². The molecule has 0 unspecified atom stereocenters. The molecule has 8 nitrogen and oxygen atoms in total. The number of carbonyl (C=O) groups is 3. The highest BCUT2D eigenvalue weighted by Crippen LogP contribution is 2.16. The van der Waals surface area contributed by atoms with E-state index in [4.69, 9.17) is 4.74 Å². The van der Waals surface area contributed by atoms with Gasteiger partial charge in [-0.05, 0) is 43.7 Å². The Kier molecular flexibility index (Phi) is 7.71. The van der Waals surface area contributed by atoms with Crippen molar-refractivity contribution in [3.63, 3.8) is 0 Å². The van der Waals surface area contributed by atoms with Gasteiger partial charge in [0.05, 0.1) is 6.21 Å². The van der Waals surface area contributed by atoms with E-state index in [1.807, 2.05) is 25.1 Å². The van der Waals surface area contributed by atoms with Gasteiger partial charge in [-0.3, -0.25) is 14.4 Å². The van der Waals surface area contributed by atoms with Crippen LogP contribution in [0.15, 0.2) is 53.6 Å². The lowest BCUT2D eigenvalue weighted by Gasteiger charge is -2.10. The number of amides is 3. The van der Waals surface area contributed by atoms with Crippen LogP contribution in [0.25, 0.3) is 0 Å². The number of hydrogen-bond donors (Lipinski definition) is 3. The molecule has 28 heavy (non-hydrogen) atoms. The number of nitrogens with zero attached hydrogens (tertiary/aromatic N) is 1. The molecule has 0 saturated carbocycles. The predicted molar refractivity (Wildman–Crippen MR) is 106 cm³/mol. The number of likely N-dealkylation sites (N-methyl/N-ethyl adjacent to an activating group) is 1. The zero-order chi connectivity index (χ0) is 20.4. The topological polar surface area (TPSA) is 109 Å².